The second-order valence-corrected chi connectivity index (χ2v) is 7.55. The van der Waals surface area contributed by atoms with Crippen molar-refractivity contribution in [3.05, 3.63) is 29.3 Å². The first-order valence-corrected chi connectivity index (χ1v) is 8.63. The number of nitrogens with zero attached hydrogens (tertiary/aromatic N) is 2. The van der Waals surface area contributed by atoms with Gasteiger partial charge in [0, 0.05) is 25.3 Å². The van der Waals surface area contributed by atoms with Crippen LogP contribution in [0.25, 0.3) is 0 Å². The van der Waals surface area contributed by atoms with E-state index in [2.05, 4.69) is 0 Å². The van der Waals surface area contributed by atoms with Crippen molar-refractivity contribution in [2.24, 2.45) is 11.3 Å². The summed E-state index contributed by atoms with van der Waals surface area (Å²) in [5.74, 6) is -2.00. The lowest BCUT2D eigenvalue weighted by Gasteiger charge is -2.23. The van der Waals surface area contributed by atoms with Gasteiger partial charge in [0.25, 0.3) is 0 Å². The van der Waals surface area contributed by atoms with E-state index in [0.29, 0.717) is 25.9 Å². The molecule has 6 nitrogen and oxygen atoms in total. The maximum Gasteiger partial charge on any atom is 0.311 e. The Morgan fingerprint density at radius 2 is 1.80 bits per heavy atom. The van der Waals surface area contributed by atoms with Gasteiger partial charge in [-0.05, 0) is 56.9 Å². The van der Waals surface area contributed by atoms with Crippen LogP contribution < -0.4 is 4.90 Å². The van der Waals surface area contributed by atoms with Crippen LogP contribution in [-0.4, -0.2) is 47.4 Å². The largest absolute Gasteiger partial charge is 0.481 e. The molecule has 2 aliphatic heterocycles. The summed E-state index contributed by atoms with van der Waals surface area (Å²) < 4.78 is 0. The van der Waals surface area contributed by atoms with Crippen molar-refractivity contribution in [3.63, 3.8) is 0 Å². The van der Waals surface area contributed by atoms with Gasteiger partial charge < -0.3 is 14.9 Å². The van der Waals surface area contributed by atoms with Crippen LogP contribution in [0.4, 0.5) is 5.69 Å². The van der Waals surface area contributed by atoms with Gasteiger partial charge in [0.2, 0.25) is 11.8 Å². The van der Waals surface area contributed by atoms with Gasteiger partial charge in [-0.2, -0.15) is 0 Å². The molecular formula is C19H24N2O4. The summed E-state index contributed by atoms with van der Waals surface area (Å²) in [6.07, 6.45) is 0.903. The van der Waals surface area contributed by atoms with Gasteiger partial charge in [-0.1, -0.05) is 6.07 Å². The Labute approximate surface area is 147 Å². The Hall–Kier alpha value is -2.37. The third kappa shape index (κ3) is 3.13. The van der Waals surface area contributed by atoms with Crippen LogP contribution in [0.2, 0.25) is 0 Å². The van der Waals surface area contributed by atoms with Crippen molar-refractivity contribution < 1.29 is 19.5 Å². The molecule has 2 aliphatic rings. The first kappa shape index (κ1) is 17.5. The van der Waals surface area contributed by atoms with E-state index in [1.807, 2.05) is 32.0 Å². The molecule has 1 aromatic rings. The lowest BCUT2D eigenvalue weighted by Crippen LogP contribution is -2.41. The molecule has 0 radical (unpaired) electrons. The van der Waals surface area contributed by atoms with Crippen LogP contribution in [-0.2, 0) is 14.4 Å². The molecule has 2 saturated heterocycles. The van der Waals surface area contributed by atoms with Crippen LogP contribution in [0, 0.1) is 25.2 Å². The molecule has 2 amide bonds. The van der Waals surface area contributed by atoms with Gasteiger partial charge in [-0.3, -0.25) is 14.4 Å². The number of rotatable bonds is 3. The molecule has 3 rings (SSSR count). The Bertz CT molecular complexity index is 725. The second-order valence-electron chi connectivity index (χ2n) is 7.55. The number of anilines is 1. The van der Waals surface area contributed by atoms with Crippen LogP contribution >= 0.6 is 0 Å². The molecule has 0 saturated carbocycles. The molecule has 0 spiro atoms. The minimum atomic E-state index is -0.912. The van der Waals surface area contributed by atoms with Crippen molar-refractivity contribution in [2.45, 2.75) is 33.6 Å². The molecule has 2 heterocycles. The summed E-state index contributed by atoms with van der Waals surface area (Å²) in [5.41, 5.74) is 2.07. The lowest BCUT2D eigenvalue weighted by atomic mass is 9.90. The number of hydrogen-bond donors (Lipinski definition) is 1. The highest BCUT2D eigenvalue weighted by Crippen LogP contribution is 2.33. The average molecular weight is 344 g/mol. The fourth-order valence-electron chi connectivity index (χ4n) is 3.82. The number of aliphatic carboxylic acids is 1. The molecule has 1 aromatic carbocycles. The summed E-state index contributed by atoms with van der Waals surface area (Å²) in [4.78, 5) is 40.1. The number of carboxylic acids is 1. The Kier molecular flexibility index (Phi) is 4.31. The van der Waals surface area contributed by atoms with Crippen molar-refractivity contribution >= 4 is 23.5 Å². The molecule has 134 valence electrons. The third-order valence-corrected chi connectivity index (χ3v) is 5.32. The maximum absolute atomic E-state index is 12.8. The van der Waals surface area contributed by atoms with Crippen molar-refractivity contribution in [1.29, 1.82) is 0 Å². The zero-order chi connectivity index (χ0) is 18.4. The molecule has 25 heavy (non-hydrogen) atoms. The van der Waals surface area contributed by atoms with Gasteiger partial charge in [0.1, 0.15) is 5.92 Å². The van der Waals surface area contributed by atoms with Gasteiger partial charge in [0.05, 0.1) is 5.41 Å². The number of carbonyl (C=O) groups excluding carboxylic acids is 2. The number of likely N-dealkylation sites (tertiary alicyclic amines) is 1. The second kappa shape index (κ2) is 6.17. The smallest absolute Gasteiger partial charge is 0.311 e. The Morgan fingerprint density at radius 3 is 2.36 bits per heavy atom. The number of amides is 2. The van der Waals surface area contributed by atoms with Gasteiger partial charge >= 0.3 is 5.97 Å². The first-order chi connectivity index (χ1) is 11.7. The van der Waals surface area contributed by atoms with E-state index in [1.54, 1.807) is 16.7 Å². The van der Waals surface area contributed by atoms with Gasteiger partial charge in [0.15, 0.2) is 0 Å². The third-order valence-electron chi connectivity index (χ3n) is 5.32. The average Bonchev–Trinajstić information content (AvgIpc) is 3.10. The summed E-state index contributed by atoms with van der Waals surface area (Å²) >= 11 is 0. The van der Waals surface area contributed by atoms with E-state index in [9.17, 15) is 19.5 Å². The van der Waals surface area contributed by atoms with E-state index in [4.69, 9.17) is 0 Å². The monoisotopic (exact) mass is 344 g/mol. The summed E-state index contributed by atoms with van der Waals surface area (Å²) in [6, 6.07) is 5.95. The molecule has 2 fully saturated rings. The van der Waals surface area contributed by atoms with E-state index in [-0.39, 0.29) is 18.4 Å². The SMILES string of the molecule is Cc1cc(C)cc(N2CCC(C(=O)N3CCC(C)(C(=O)O)C3)C2=O)c1. The van der Waals surface area contributed by atoms with Crippen LogP contribution in [0.5, 0.6) is 0 Å². The number of aryl methyl sites for hydroxylation is 2. The topological polar surface area (TPSA) is 77.9 Å². The summed E-state index contributed by atoms with van der Waals surface area (Å²) in [7, 11) is 0. The highest BCUT2D eigenvalue weighted by atomic mass is 16.4. The van der Waals surface area contributed by atoms with Gasteiger partial charge in [-0.15, -0.1) is 0 Å². The molecule has 1 N–H and O–H groups in total. The van der Waals surface area contributed by atoms with E-state index >= 15 is 0 Å². The summed E-state index contributed by atoms with van der Waals surface area (Å²) in [6.45, 7) is 6.71. The number of hydrogen-bond acceptors (Lipinski definition) is 3. The standard InChI is InChI=1S/C19H24N2O4/c1-12-8-13(2)10-14(9-12)21-6-4-15(17(21)23)16(22)20-7-5-19(3,11-20)18(24)25/h8-10,15H,4-7,11H2,1-3H3,(H,24,25). The van der Waals surface area contributed by atoms with Gasteiger partial charge in [-0.25, -0.2) is 0 Å². The maximum atomic E-state index is 12.8. The first-order valence-electron chi connectivity index (χ1n) is 8.63. The number of carbonyl (C=O) groups is 3. The molecule has 2 atom stereocenters. The zero-order valence-electron chi connectivity index (χ0n) is 14.9. The highest BCUT2D eigenvalue weighted by molar-refractivity contribution is 6.09. The minimum absolute atomic E-state index is 0.175. The molecule has 6 heteroatoms. The predicted molar refractivity (Wildman–Crippen MR) is 93.3 cm³/mol. The quantitative estimate of drug-likeness (QED) is 0.851. The van der Waals surface area contributed by atoms with E-state index < -0.39 is 17.3 Å². The number of benzene rings is 1. The zero-order valence-corrected chi connectivity index (χ0v) is 14.9. The lowest BCUT2D eigenvalue weighted by molar-refractivity contribution is -0.147. The van der Waals surface area contributed by atoms with E-state index in [0.717, 1.165) is 16.8 Å². The van der Waals surface area contributed by atoms with Crippen LogP contribution in [0.3, 0.4) is 0 Å². The van der Waals surface area contributed by atoms with Crippen molar-refractivity contribution in [2.75, 3.05) is 24.5 Å². The highest BCUT2D eigenvalue weighted by Gasteiger charge is 2.46. The summed E-state index contributed by atoms with van der Waals surface area (Å²) in [5, 5.41) is 9.32. The Balaban J connectivity index is 1.74. The fourth-order valence-corrected chi connectivity index (χ4v) is 3.82. The Morgan fingerprint density at radius 1 is 1.16 bits per heavy atom. The van der Waals surface area contributed by atoms with Crippen LogP contribution in [0.15, 0.2) is 18.2 Å². The molecule has 0 bridgehead atoms. The molecule has 2 unspecified atom stereocenters. The number of carboxylic acid groups (broad SMARTS) is 1. The minimum Gasteiger partial charge on any atom is -0.481 e. The normalized spacial score (nSPS) is 26.4. The fraction of sp³-hybridized carbons (Fsp3) is 0.526. The molecular weight excluding hydrogens is 320 g/mol. The van der Waals surface area contributed by atoms with Crippen molar-refractivity contribution in [3.8, 4) is 0 Å². The van der Waals surface area contributed by atoms with E-state index in [1.165, 1.54) is 0 Å². The molecule has 0 aliphatic carbocycles. The van der Waals surface area contributed by atoms with Crippen LogP contribution in [0.1, 0.15) is 30.9 Å². The predicted octanol–water partition coefficient (Wildman–Crippen LogP) is 1.98. The molecule has 0 aromatic heterocycles. The van der Waals surface area contributed by atoms with Crippen molar-refractivity contribution in [1.82, 2.24) is 4.90 Å².